The van der Waals surface area contributed by atoms with Crippen molar-refractivity contribution >= 4 is 5.82 Å². The van der Waals surface area contributed by atoms with Crippen LogP contribution in [0.5, 0.6) is 0 Å². The minimum Gasteiger partial charge on any atom is -0.359 e. The second kappa shape index (κ2) is 6.29. The van der Waals surface area contributed by atoms with E-state index < -0.39 is 0 Å². The van der Waals surface area contributed by atoms with E-state index in [1.165, 1.54) is 17.8 Å². The van der Waals surface area contributed by atoms with Gasteiger partial charge in [0, 0.05) is 25.7 Å². The Balaban J connectivity index is 2.05. The third-order valence-electron chi connectivity index (χ3n) is 3.07. The zero-order chi connectivity index (χ0) is 13.7. The zero-order valence-electron chi connectivity index (χ0n) is 11.0. The summed E-state index contributed by atoms with van der Waals surface area (Å²) < 4.78 is 13.1. The van der Waals surface area contributed by atoms with E-state index in [1.807, 2.05) is 30.1 Å². The molecule has 0 radical (unpaired) electrons. The smallest absolute Gasteiger partial charge is 0.141 e. The monoisotopic (exact) mass is 259 g/mol. The van der Waals surface area contributed by atoms with Crippen molar-refractivity contribution in [3.05, 3.63) is 59.5 Å². The minimum absolute atomic E-state index is 0.287. The Hall–Kier alpha value is -1.94. The highest BCUT2D eigenvalue weighted by Gasteiger charge is 2.09. The molecular weight excluding hydrogens is 241 g/mol. The Morgan fingerprint density at radius 3 is 2.68 bits per heavy atom. The Morgan fingerprint density at radius 2 is 2.00 bits per heavy atom. The number of benzene rings is 1. The predicted molar refractivity (Wildman–Crippen MR) is 75.5 cm³/mol. The lowest BCUT2D eigenvalue weighted by molar-refractivity contribution is 0.617. The summed E-state index contributed by atoms with van der Waals surface area (Å²) in [7, 11) is 1.95. The van der Waals surface area contributed by atoms with Crippen molar-refractivity contribution in [2.45, 2.75) is 13.0 Å². The summed E-state index contributed by atoms with van der Waals surface area (Å²) in [6.45, 7) is 1.10. The van der Waals surface area contributed by atoms with E-state index in [4.69, 9.17) is 5.73 Å². The number of anilines is 1. The number of likely N-dealkylation sites (N-methyl/N-ethyl adjacent to an activating group) is 1. The molecule has 0 bridgehead atoms. The number of nitrogens with two attached hydrogens (primary N) is 1. The molecule has 0 aliphatic carbocycles. The number of nitrogens with zero attached hydrogens (tertiary/aromatic N) is 2. The second-order valence-corrected chi connectivity index (χ2v) is 4.50. The average molecular weight is 259 g/mol. The third-order valence-corrected chi connectivity index (χ3v) is 3.07. The van der Waals surface area contributed by atoms with Crippen LogP contribution in [-0.4, -0.2) is 18.6 Å². The molecule has 19 heavy (non-hydrogen) atoms. The Kier molecular flexibility index (Phi) is 4.47. The van der Waals surface area contributed by atoms with Gasteiger partial charge in [-0.05, 0) is 18.1 Å². The number of hydrogen-bond acceptors (Lipinski definition) is 3. The fourth-order valence-corrected chi connectivity index (χ4v) is 2.02. The number of rotatable bonds is 5. The molecule has 2 rings (SSSR count). The van der Waals surface area contributed by atoms with Crippen LogP contribution in [0, 0.1) is 5.82 Å². The number of aromatic nitrogens is 1. The van der Waals surface area contributed by atoms with Crippen LogP contribution in [-0.2, 0) is 13.0 Å². The first-order valence-electron chi connectivity index (χ1n) is 6.30. The van der Waals surface area contributed by atoms with Crippen LogP contribution in [0.1, 0.15) is 11.1 Å². The van der Waals surface area contributed by atoms with Gasteiger partial charge in [0.05, 0.1) is 6.20 Å². The normalized spacial score (nSPS) is 10.5. The molecule has 0 fully saturated rings. The first-order valence-corrected chi connectivity index (χ1v) is 6.30. The van der Waals surface area contributed by atoms with Crippen LogP contribution >= 0.6 is 0 Å². The van der Waals surface area contributed by atoms with Gasteiger partial charge in [0.15, 0.2) is 0 Å². The van der Waals surface area contributed by atoms with Gasteiger partial charge in [0.1, 0.15) is 11.6 Å². The van der Waals surface area contributed by atoms with Crippen molar-refractivity contribution < 1.29 is 4.39 Å². The van der Waals surface area contributed by atoms with E-state index >= 15 is 0 Å². The fourth-order valence-electron chi connectivity index (χ4n) is 2.02. The molecule has 0 unspecified atom stereocenters. The van der Waals surface area contributed by atoms with Gasteiger partial charge in [-0.2, -0.15) is 0 Å². The summed E-state index contributed by atoms with van der Waals surface area (Å²) in [4.78, 5) is 6.14. The number of hydrogen-bond donors (Lipinski definition) is 1. The van der Waals surface area contributed by atoms with E-state index in [2.05, 4.69) is 17.1 Å². The van der Waals surface area contributed by atoms with Gasteiger partial charge < -0.3 is 10.6 Å². The van der Waals surface area contributed by atoms with Gasteiger partial charge in [-0.1, -0.05) is 30.3 Å². The van der Waals surface area contributed by atoms with Crippen LogP contribution in [0.3, 0.4) is 0 Å². The highest BCUT2D eigenvalue weighted by molar-refractivity contribution is 5.46. The largest absolute Gasteiger partial charge is 0.359 e. The molecular formula is C15H18FN3. The highest BCUT2D eigenvalue weighted by Crippen LogP contribution is 2.17. The maximum atomic E-state index is 13.1. The van der Waals surface area contributed by atoms with Crippen LogP contribution in [0.2, 0.25) is 0 Å². The van der Waals surface area contributed by atoms with Crippen molar-refractivity contribution in [3.8, 4) is 0 Å². The maximum absolute atomic E-state index is 13.1. The molecule has 1 heterocycles. The predicted octanol–water partition coefficient (Wildman–Crippen LogP) is 2.36. The van der Waals surface area contributed by atoms with Crippen LogP contribution < -0.4 is 10.6 Å². The van der Waals surface area contributed by atoms with Crippen molar-refractivity contribution in [2.75, 3.05) is 18.5 Å². The molecule has 2 N–H and O–H groups in total. The Labute approximate surface area is 112 Å². The van der Waals surface area contributed by atoms with Gasteiger partial charge >= 0.3 is 0 Å². The lowest BCUT2D eigenvalue weighted by Crippen LogP contribution is -2.23. The summed E-state index contributed by atoms with van der Waals surface area (Å²) >= 11 is 0. The molecule has 0 spiro atoms. The van der Waals surface area contributed by atoms with Gasteiger partial charge in [-0.25, -0.2) is 9.37 Å². The molecule has 3 nitrogen and oxygen atoms in total. The zero-order valence-corrected chi connectivity index (χ0v) is 11.0. The van der Waals surface area contributed by atoms with Gasteiger partial charge in [0.2, 0.25) is 0 Å². The molecule has 0 saturated heterocycles. The summed E-state index contributed by atoms with van der Waals surface area (Å²) in [5.41, 5.74) is 7.63. The molecule has 0 aliphatic heterocycles. The van der Waals surface area contributed by atoms with Crippen molar-refractivity contribution in [1.82, 2.24) is 4.98 Å². The maximum Gasteiger partial charge on any atom is 0.141 e. The number of halogens is 1. The second-order valence-electron chi connectivity index (χ2n) is 4.50. The van der Waals surface area contributed by atoms with Crippen molar-refractivity contribution in [1.29, 1.82) is 0 Å². The molecule has 2 aromatic rings. The minimum atomic E-state index is -0.347. The SMILES string of the molecule is CN(CCc1ccccc1)c1ncc(F)cc1CN. The summed E-state index contributed by atoms with van der Waals surface area (Å²) in [6, 6.07) is 11.7. The quantitative estimate of drug-likeness (QED) is 0.896. The molecule has 0 saturated carbocycles. The summed E-state index contributed by atoms with van der Waals surface area (Å²) in [5, 5.41) is 0. The standard InChI is InChI=1S/C15H18FN3/c1-19(8-7-12-5-3-2-4-6-12)15-13(10-17)9-14(16)11-18-15/h2-6,9,11H,7-8,10,17H2,1H3. The lowest BCUT2D eigenvalue weighted by atomic mass is 10.1. The van der Waals surface area contributed by atoms with Crippen LogP contribution in [0.25, 0.3) is 0 Å². The topological polar surface area (TPSA) is 42.2 Å². The van der Waals surface area contributed by atoms with Crippen molar-refractivity contribution in [3.63, 3.8) is 0 Å². The van der Waals surface area contributed by atoms with E-state index in [0.717, 1.165) is 24.3 Å². The van der Waals surface area contributed by atoms with E-state index in [0.29, 0.717) is 0 Å². The fraction of sp³-hybridized carbons (Fsp3) is 0.267. The Morgan fingerprint density at radius 1 is 1.26 bits per heavy atom. The molecule has 0 aliphatic rings. The van der Waals surface area contributed by atoms with Crippen molar-refractivity contribution in [2.24, 2.45) is 5.73 Å². The molecule has 100 valence electrons. The summed E-state index contributed by atoms with van der Waals surface area (Å²) in [5.74, 6) is 0.403. The van der Waals surface area contributed by atoms with Crippen LogP contribution in [0.4, 0.5) is 10.2 Å². The first-order chi connectivity index (χ1) is 9.20. The van der Waals surface area contributed by atoms with E-state index in [9.17, 15) is 4.39 Å². The van der Waals surface area contributed by atoms with E-state index in [1.54, 1.807) is 0 Å². The third kappa shape index (κ3) is 3.51. The lowest BCUT2D eigenvalue weighted by Gasteiger charge is -2.20. The first kappa shape index (κ1) is 13.5. The molecule has 4 heteroatoms. The average Bonchev–Trinajstić information content (AvgIpc) is 2.45. The van der Waals surface area contributed by atoms with Gasteiger partial charge in [0.25, 0.3) is 0 Å². The molecule has 1 aromatic carbocycles. The highest BCUT2D eigenvalue weighted by atomic mass is 19.1. The molecule has 1 aromatic heterocycles. The van der Waals surface area contributed by atoms with Gasteiger partial charge in [-0.15, -0.1) is 0 Å². The molecule has 0 atom stereocenters. The Bertz CT molecular complexity index is 528. The molecule has 0 amide bonds. The number of pyridine rings is 1. The summed E-state index contributed by atoms with van der Waals surface area (Å²) in [6.07, 6.45) is 2.15. The van der Waals surface area contributed by atoms with Gasteiger partial charge in [-0.3, -0.25) is 0 Å². The van der Waals surface area contributed by atoms with E-state index in [-0.39, 0.29) is 12.4 Å². The van der Waals surface area contributed by atoms with Crippen LogP contribution in [0.15, 0.2) is 42.6 Å².